The van der Waals surface area contributed by atoms with Gasteiger partial charge >= 0.3 is 5.97 Å². The van der Waals surface area contributed by atoms with Crippen molar-refractivity contribution in [2.75, 3.05) is 6.61 Å². The molecule has 0 aromatic carbocycles. The van der Waals surface area contributed by atoms with Crippen LogP contribution in [0.25, 0.3) is 0 Å². The quantitative estimate of drug-likeness (QED) is 0.805. The van der Waals surface area contributed by atoms with Crippen molar-refractivity contribution in [1.82, 2.24) is 10.3 Å². The van der Waals surface area contributed by atoms with E-state index in [0.29, 0.717) is 18.6 Å². The number of hydrogen-bond donors (Lipinski definition) is 2. The van der Waals surface area contributed by atoms with Crippen LogP contribution in [0, 0.1) is 0 Å². The van der Waals surface area contributed by atoms with Crippen LogP contribution in [0.3, 0.4) is 0 Å². The van der Waals surface area contributed by atoms with E-state index in [1.165, 1.54) is 12.3 Å². The number of aromatic nitrogens is 1. The van der Waals surface area contributed by atoms with E-state index in [4.69, 9.17) is 21.4 Å². The van der Waals surface area contributed by atoms with Gasteiger partial charge in [-0.15, -0.1) is 0 Å². The molecule has 1 rings (SSSR count). The molecule has 1 unspecified atom stereocenters. The fourth-order valence-corrected chi connectivity index (χ4v) is 1.73. The highest BCUT2D eigenvalue weighted by molar-refractivity contribution is 6.32. The SMILES string of the molecule is CCOc1ncc(C(=O)NC(C)CCC(=O)O)cc1Cl. The summed E-state index contributed by atoms with van der Waals surface area (Å²) < 4.78 is 5.18. The Morgan fingerprint density at radius 1 is 1.55 bits per heavy atom. The monoisotopic (exact) mass is 300 g/mol. The maximum atomic E-state index is 11.9. The van der Waals surface area contributed by atoms with Crippen LogP contribution >= 0.6 is 11.6 Å². The van der Waals surface area contributed by atoms with E-state index in [1.54, 1.807) is 6.92 Å². The van der Waals surface area contributed by atoms with Gasteiger partial charge in [-0.1, -0.05) is 11.6 Å². The zero-order valence-corrected chi connectivity index (χ0v) is 12.1. The molecule has 1 atom stereocenters. The molecule has 20 heavy (non-hydrogen) atoms. The lowest BCUT2D eigenvalue weighted by molar-refractivity contribution is -0.137. The maximum absolute atomic E-state index is 11.9. The number of carbonyl (C=O) groups is 2. The predicted octanol–water partition coefficient (Wildman–Crippen LogP) is 2.12. The molecule has 0 saturated heterocycles. The minimum Gasteiger partial charge on any atom is -0.481 e. The van der Waals surface area contributed by atoms with Gasteiger partial charge in [-0.25, -0.2) is 4.98 Å². The van der Waals surface area contributed by atoms with Crippen LogP contribution in [0.15, 0.2) is 12.3 Å². The van der Waals surface area contributed by atoms with Crippen LogP contribution in [-0.4, -0.2) is 34.6 Å². The molecule has 1 aromatic rings. The number of aliphatic carboxylic acids is 1. The smallest absolute Gasteiger partial charge is 0.303 e. The van der Waals surface area contributed by atoms with Crippen molar-refractivity contribution in [1.29, 1.82) is 0 Å². The highest BCUT2D eigenvalue weighted by atomic mass is 35.5. The van der Waals surface area contributed by atoms with E-state index in [9.17, 15) is 9.59 Å². The normalized spacial score (nSPS) is 11.8. The van der Waals surface area contributed by atoms with Gasteiger partial charge in [0.15, 0.2) is 0 Å². The van der Waals surface area contributed by atoms with Crippen LogP contribution < -0.4 is 10.1 Å². The second kappa shape index (κ2) is 7.69. The van der Waals surface area contributed by atoms with Crippen LogP contribution in [0.1, 0.15) is 37.0 Å². The van der Waals surface area contributed by atoms with E-state index in [1.807, 2.05) is 6.92 Å². The van der Waals surface area contributed by atoms with Gasteiger partial charge in [0.2, 0.25) is 5.88 Å². The zero-order chi connectivity index (χ0) is 15.1. The van der Waals surface area contributed by atoms with E-state index in [-0.39, 0.29) is 29.3 Å². The number of halogens is 1. The van der Waals surface area contributed by atoms with Gasteiger partial charge in [0, 0.05) is 18.7 Å². The molecule has 0 aliphatic heterocycles. The van der Waals surface area contributed by atoms with E-state index in [0.717, 1.165) is 0 Å². The van der Waals surface area contributed by atoms with Gasteiger partial charge in [0.05, 0.1) is 12.2 Å². The van der Waals surface area contributed by atoms with Gasteiger partial charge in [-0.2, -0.15) is 0 Å². The van der Waals surface area contributed by atoms with Gasteiger partial charge in [-0.3, -0.25) is 9.59 Å². The summed E-state index contributed by atoms with van der Waals surface area (Å²) in [6.45, 7) is 3.98. The van der Waals surface area contributed by atoms with Crippen molar-refractivity contribution in [2.45, 2.75) is 32.7 Å². The number of carboxylic acids is 1. The first-order valence-electron chi connectivity index (χ1n) is 6.25. The predicted molar refractivity (Wildman–Crippen MR) is 74.2 cm³/mol. The lowest BCUT2D eigenvalue weighted by Gasteiger charge is -2.13. The number of nitrogens with zero attached hydrogens (tertiary/aromatic N) is 1. The number of carboxylic acid groups (broad SMARTS) is 1. The number of ether oxygens (including phenoxy) is 1. The summed E-state index contributed by atoms with van der Waals surface area (Å²) in [5, 5.41) is 11.5. The largest absolute Gasteiger partial charge is 0.481 e. The summed E-state index contributed by atoms with van der Waals surface area (Å²) in [6, 6.07) is 1.22. The number of pyridine rings is 1. The van der Waals surface area contributed by atoms with Gasteiger partial charge < -0.3 is 15.2 Å². The molecule has 0 bridgehead atoms. The Morgan fingerprint density at radius 2 is 2.25 bits per heavy atom. The molecule has 0 fully saturated rings. The molecule has 0 saturated carbocycles. The first kappa shape index (κ1) is 16.2. The van der Waals surface area contributed by atoms with Crippen molar-refractivity contribution < 1.29 is 19.4 Å². The molecule has 6 nitrogen and oxygen atoms in total. The molecule has 1 amide bonds. The van der Waals surface area contributed by atoms with E-state index >= 15 is 0 Å². The topological polar surface area (TPSA) is 88.5 Å². The Morgan fingerprint density at radius 3 is 2.80 bits per heavy atom. The Hall–Kier alpha value is -1.82. The van der Waals surface area contributed by atoms with Crippen molar-refractivity contribution in [2.24, 2.45) is 0 Å². The van der Waals surface area contributed by atoms with Crippen molar-refractivity contribution in [3.05, 3.63) is 22.8 Å². The molecule has 1 heterocycles. The summed E-state index contributed by atoms with van der Waals surface area (Å²) >= 11 is 5.95. The molecule has 0 aliphatic carbocycles. The second-order valence-corrected chi connectivity index (χ2v) is 4.66. The molecule has 0 radical (unpaired) electrons. The number of nitrogens with one attached hydrogen (secondary N) is 1. The minimum absolute atomic E-state index is 0.00370. The third-order valence-corrected chi connectivity index (χ3v) is 2.79. The molecule has 0 spiro atoms. The van der Waals surface area contributed by atoms with Crippen LogP contribution in [0.4, 0.5) is 0 Å². The molecule has 1 aromatic heterocycles. The molecule has 0 aliphatic rings. The summed E-state index contributed by atoms with van der Waals surface area (Å²) in [5.74, 6) is -0.957. The summed E-state index contributed by atoms with van der Waals surface area (Å²) in [4.78, 5) is 26.3. The summed E-state index contributed by atoms with van der Waals surface area (Å²) in [7, 11) is 0. The van der Waals surface area contributed by atoms with E-state index in [2.05, 4.69) is 10.3 Å². The Kier molecular flexibility index (Phi) is 6.24. The standard InChI is InChI=1S/C13H17ClN2O4/c1-3-20-13-10(14)6-9(7-15-13)12(19)16-8(2)4-5-11(17)18/h6-8H,3-5H2,1-2H3,(H,16,19)(H,17,18). The number of amides is 1. The second-order valence-electron chi connectivity index (χ2n) is 4.25. The fraction of sp³-hybridized carbons (Fsp3) is 0.462. The minimum atomic E-state index is -0.892. The first-order chi connectivity index (χ1) is 9.43. The molecular formula is C13H17ClN2O4. The van der Waals surface area contributed by atoms with Crippen molar-refractivity contribution in [3.8, 4) is 5.88 Å². The van der Waals surface area contributed by atoms with Crippen LogP contribution in [0.5, 0.6) is 5.88 Å². The first-order valence-corrected chi connectivity index (χ1v) is 6.62. The third-order valence-electron chi connectivity index (χ3n) is 2.52. The average Bonchev–Trinajstić information content (AvgIpc) is 2.39. The van der Waals surface area contributed by atoms with E-state index < -0.39 is 5.97 Å². The zero-order valence-electron chi connectivity index (χ0n) is 11.4. The highest BCUT2D eigenvalue weighted by Crippen LogP contribution is 2.22. The fourth-order valence-electron chi connectivity index (χ4n) is 1.51. The Bertz CT molecular complexity index is 493. The van der Waals surface area contributed by atoms with Gasteiger partial charge in [0.25, 0.3) is 5.91 Å². The number of rotatable bonds is 7. The number of hydrogen-bond acceptors (Lipinski definition) is 4. The van der Waals surface area contributed by atoms with Crippen molar-refractivity contribution in [3.63, 3.8) is 0 Å². The maximum Gasteiger partial charge on any atom is 0.303 e. The Balaban J connectivity index is 2.63. The van der Waals surface area contributed by atoms with Gasteiger partial charge in [-0.05, 0) is 26.3 Å². The molecule has 110 valence electrons. The lowest BCUT2D eigenvalue weighted by Crippen LogP contribution is -2.33. The van der Waals surface area contributed by atoms with Crippen molar-refractivity contribution >= 4 is 23.5 Å². The molecular weight excluding hydrogens is 284 g/mol. The Labute approximate surface area is 122 Å². The van der Waals surface area contributed by atoms with Crippen LogP contribution in [0.2, 0.25) is 5.02 Å². The molecule has 7 heteroatoms. The molecule has 2 N–H and O–H groups in total. The summed E-state index contributed by atoms with van der Waals surface area (Å²) in [5.41, 5.74) is 0.306. The average molecular weight is 301 g/mol. The van der Waals surface area contributed by atoms with Crippen LogP contribution in [-0.2, 0) is 4.79 Å². The highest BCUT2D eigenvalue weighted by Gasteiger charge is 2.13. The lowest BCUT2D eigenvalue weighted by atomic mass is 10.1. The summed E-state index contributed by atoms with van der Waals surface area (Å²) in [6.07, 6.45) is 1.74. The van der Waals surface area contributed by atoms with Gasteiger partial charge in [0.1, 0.15) is 5.02 Å². The third kappa shape index (κ3) is 5.05. The number of carbonyl (C=O) groups excluding carboxylic acids is 1.